The molecule has 186 valence electrons. The molecule has 2 aliphatic rings. The number of hydrogen-bond acceptors (Lipinski definition) is 7. The van der Waals surface area contributed by atoms with Gasteiger partial charge in [-0.05, 0) is 109 Å². The maximum atomic E-state index is 9.04. The Balaban J connectivity index is 0.000000917. The lowest BCUT2D eigenvalue weighted by Gasteiger charge is -2.31. The summed E-state index contributed by atoms with van der Waals surface area (Å²) in [5.74, 6) is 2.37. The highest BCUT2D eigenvalue weighted by Crippen LogP contribution is 2.34. The Hall–Kier alpha value is -2.95. The van der Waals surface area contributed by atoms with E-state index in [0.29, 0.717) is 11.6 Å². The quantitative estimate of drug-likeness (QED) is 0.497. The second kappa shape index (κ2) is 12.1. The van der Waals surface area contributed by atoms with Crippen LogP contribution in [0, 0.1) is 30.1 Å². The third kappa shape index (κ3) is 6.81. The molecule has 7 heteroatoms. The van der Waals surface area contributed by atoms with Crippen LogP contribution < -0.4 is 10.1 Å². The number of rotatable bonds is 8. The Morgan fingerprint density at radius 3 is 2.60 bits per heavy atom. The van der Waals surface area contributed by atoms with Crippen LogP contribution in [0.2, 0.25) is 0 Å². The average molecular weight is 476 g/mol. The van der Waals surface area contributed by atoms with Crippen molar-refractivity contribution < 1.29 is 9.26 Å². The Labute approximate surface area is 208 Å². The van der Waals surface area contributed by atoms with E-state index in [0.717, 1.165) is 78.7 Å². The monoisotopic (exact) mass is 475 g/mol. The van der Waals surface area contributed by atoms with Gasteiger partial charge in [0.1, 0.15) is 17.5 Å². The van der Waals surface area contributed by atoms with Crippen molar-refractivity contribution in [3.63, 3.8) is 0 Å². The molecule has 0 spiro atoms. The maximum absolute atomic E-state index is 9.04. The van der Waals surface area contributed by atoms with E-state index in [1.165, 1.54) is 25.7 Å². The fourth-order valence-electron chi connectivity index (χ4n) is 4.63. The van der Waals surface area contributed by atoms with Gasteiger partial charge in [0.15, 0.2) is 5.58 Å². The number of aromatic nitrogens is 2. The summed E-state index contributed by atoms with van der Waals surface area (Å²) in [5.41, 5.74) is 4.47. The molecule has 1 aliphatic carbocycles. The molecule has 2 fully saturated rings. The number of aryl methyl sites for hydroxylation is 2. The Kier molecular flexibility index (Phi) is 8.73. The molecule has 1 saturated heterocycles. The minimum Gasteiger partial charge on any atom is -0.493 e. The molecule has 5 rings (SSSR count). The molecule has 0 radical (unpaired) electrons. The molecular weight excluding hydrogens is 438 g/mol. The van der Waals surface area contributed by atoms with Crippen molar-refractivity contribution in [1.82, 2.24) is 20.4 Å². The number of piperidine rings is 1. The third-order valence-electron chi connectivity index (χ3n) is 6.89. The van der Waals surface area contributed by atoms with E-state index < -0.39 is 0 Å². The highest BCUT2D eigenvalue weighted by atomic mass is 16.5. The molecule has 1 saturated carbocycles. The summed E-state index contributed by atoms with van der Waals surface area (Å²) >= 11 is 0. The van der Waals surface area contributed by atoms with Gasteiger partial charge in [-0.3, -0.25) is 4.90 Å². The number of nitrogens with one attached hydrogen (secondary N) is 1. The smallest absolute Gasteiger partial charge is 0.173 e. The number of pyridine rings is 1. The van der Waals surface area contributed by atoms with E-state index in [2.05, 4.69) is 45.5 Å². The van der Waals surface area contributed by atoms with E-state index in [-0.39, 0.29) is 0 Å². The molecule has 35 heavy (non-hydrogen) atoms. The Bertz CT molecular complexity index is 1140. The molecule has 0 atom stereocenters. The van der Waals surface area contributed by atoms with Crippen LogP contribution in [0.1, 0.15) is 54.7 Å². The first kappa shape index (κ1) is 25.2. The van der Waals surface area contributed by atoms with Gasteiger partial charge >= 0.3 is 0 Å². The van der Waals surface area contributed by atoms with Crippen molar-refractivity contribution in [3.8, 4) is 11.8 Å². The normalized spacial score (nSPS) is 16.5. The van der Waals surface area contributed by atoms with Crippen LogP contribution in [-0.4, -0.2) is 48.8 Å². The lowest BCUT2D eigenvalue weighted by Crippen LogP contribution is -2.33. The summed E-state index contributed by atoms with van der Waals surface area (Å²) in [5, 5.41) is 17.3. The van der Waals surface area contributed by atoms with Crippen molar-refractivity contribution in [3.05, 3.63) is 53.0 Å². The van der Waals surface area contributed by atoms with Gasteiger partial charge in [-0.1, -0.05) is 11.2 Å². The molecule has 1 N–H and O–H groups in total. The van der Waals surface area contributed by atoms with Gasteiger partial charge < -0.3 is 14.6 Å². The largest absolute Gasteiger partial charge is 0.493 e. The summed E-state index contributed by atoms with van der Waals surface area (Å²) < 4.78 is 11.7. The highest BCUT2D eigenvalue weighted by Gasteiger charge is 2.24. The first-order chi connectivity index (χ1) is 17.1. The van der Waals surface area contributed by atoms with Gasteiger partial charge in [0, 0.05) is 17.5 Å². The maximum Gasteiger partial charge on any atom is 0.173 e. The highest BCUT2D eigenvalue weighted by molar-refractivity contribution is 5.84. The molecular formula is C28H37N5O2. The summed E-state index contributed by atoms with van der Waals surface area (Å²) in [7, 11) is 3.75. The Morgan fingerprint density at radius 1 is 1.11 bits per heavy atom. The molecule has 0 amide bonds. The molecule has 3 heterocycles. The number of fused-ring (bicyclic) bond motifs is 1. The first-order valence-electron chi connectivity index (χ1n) is 12.8. The number of nitrogens with zero attached hydrogens (tertiary/aromatic N) is 4. The lowest BCUT2D eigenvalue weighted by atomic mass is 9.91. The number of nitriles is 1. The zero-order valence-electron chi connectivity index (χ0n) is 21.2. The number of benzene rings is 1. The average Bonchev–Trinajstić information content (AvgIpc) is 3.61. The van der Waals surface area contributed by atoms with E-state index in [4.69, 9.17) is 14.5 Å². The first-order valence-corrected chi connectivity index (χ1v) is 12.8. The number of ether oxygens (including phenoxy) is 1. The van der Waals surface area contributed by atoms with E-state index in [1.54, 1.807) is 6.07 Å². The van der Waals surface area contributed by atoms with Crippen LogP contribution in [0.4, 0.5) is 0 Å². The van der Waals surface area contributed by atoms with Crippen LogP contribution in [-0.2, 0) is 13.0 Å². The van der Waals surface area contributed by atoms with Crippen molar-refractivity contribution >= 4 is 11.0 Å². The minimum absolute atomic E-state index is 0.494. The zero-order valence-corrected chi connectivity index (χ0v) is 21.2. The third-order valence-corrected chi connectivity index (χ3v) is 6.89. The van der Waals surface area contributed by atoms with Crippen LogP contribution in [0.15, 0.2) is 34.9 Å². The van der Waals surface area contributed by atoms with Crippen molar-refractivity contribution in [2.24, 2.45) is 11.8 Å². The summed E-state index contributed by atoms with van der Waals surface area (Å²) in [6.45, 7) is 5.84. The molecule has 3 aromatic rings. The predicted molar refractivity (Wildman–Crippen MR) is 137 cm³/mol. The van der Waals surface area contributed by atoms with Crippen LogP contribution >= 0.6 is 0 Å². The molecule has 1 aliphatic heterocycles. The zero-order chi connectivity index (χ0) is 24.6. The molecule has 2 aromatic heterocycles. The number of hydrogen-bond donors (Lipinski definition) is 1. The van der Waals surface area contributed by atoms with Gasteiger partial charge in [0.05, 0.1) is 18.0 Å². The molecule has 7 nitrogen and oxygen atoms in total. The van der Waals surface area contributed by atoms with Crippen LogP contribution in [0.3, 0.4) is 0 Å². The lowest BCUT2D eigenvalue weighted by molar-refractivity contribution is 0.170. The predicted octanol–water partition coefficient (Wildman–Crippen LogP) is 4.87. The van der Waals surface area contributed by atoms with E-state index in [1.807, 2.05) is 26.2 Å². The van der Waals surface area contributed by atoms with Gasteiger partial charge in [-0.2, -0.15) is 5.26 Å². The fraction of sp³-hybridized carbons (Fsp3) is 0.536. The van der Waals surface area contributed by atoms with E-state index >= 15 is 0 Å². The van der Waals surface area contributed by atoms with Gasteiger partial charge in [-0.25, -0.2) is 4.98 Å². The molecule has 0 bridgehead atoms. The Morgan fingerprint density at radius 2 is 1.89 bits per heavy atom. The van der Waals surface area contributed by atoms with Crippen molar-refractivity contribution in [1.29, 1.82) is 5.26 Å². The fourth-order valence-corrected chi connectivity index (χ4v) is 4.63. The second-order valence-electron chi connectivity index (χ2n) is 9.83. The topological polar surface area (TPSA) is 87.2 Å². The summed E-state index contributed by atoms with van der Waals surface area (Å²) in [6, 6.07) is 12.0. The second-order valence-corrected chi connectivity index (χ2v) is 9.83. The number of likely N-dealkylation sites (tertiary alicyclic amines) is 1. The van der Waals surface area contributed by atoms with Crippen molar-refractivity contribution in [2.45, 2.75) is 52.0 Å². The van der Waals surface area contributed by atoms with Crippen LogP contribution in [0.25, 0.3) is 11.0 Å². The van der Waals surface area contributed by atoms with Gasteiger partial charge in [0.25, 0.3) is 0 Å². The molecule has 0 unspecified atom stereocenters. The van der Waals surface area contributed by atoms with Crippen LogP contribution in [0.5, 0.6) is 5.75 Å². The summed E-state index contributed by atoms with van der Waals surface area (Å²) in [6.07, 6.45) is 7.04. The van der Waals surface area contributed by atoms with Crippen molar-refractivity contribution in [2.75, 3.05) is 33.8 Å². The van der Waals surface area contributed by atoms with Gasteiger partial charge in [0.2, 0.25) is 0 Å². The summed E-state index contributed by atoms with van der Waals surface area (Å²) in [4.78, 5) is 6.85. The SMILES string of the molecule is CNC.Cc1c(OCC2CC2)ccc2c(CCC3CCN(Cc4cccc(C#N)n4)CC3)noc12. The van der Waals surface area contributed by atoms with E-state index in [9.17, 15) is 0 Å². The standard InChI is InChI=1S/C26H30N4O2.C2H7N/c1-18-25(31-17-20-5-6-20)10-8-23-24(29-32-26(18)23)9-7-19-11-13-30(14-12-19)16-22-4-2-3-21(15-27)28-22;1-3-2/h2-4,8,10,19-20H,5-7,9,11-14,16-17H2,1H3;3H,1-2H3. The minimum atomic E-state index is 0.494. The molecule has 1 aromatic carbocycles. The van der Waals surface area contributed by atoms with Gasteiger partial charge in [-0.15, -0.1) is 0 Å².